The normalized spacial score (nSPS) is 13.1. The fraction of sp³-hybridized carbons (Fsp3) is 0.478. The third kappa shape index (κ3) is 5.42. The second-order valence-electron chi connectivity index (χ2n) is 8.79. The summed E-state index contributed by atoms with van der Waals surface area (Å²) in [6.07, 6.45) is 5.95. The maximum absolute atomic E-state index is 13.1. The van der Waals surface area contributed by atoms with Crippen molar-refractivity contribution in [3.63, 3.8) is 0 Å². The van der Waals surface area contributed by atoms with Crippen molar-refractivity contribution in [3.8, 4) is 17.3 Å². The molecule has 0 saturated carbocycles. The molecule has 1 N–H and O–H groups in total. The zero-order valence-electron chi connectivity index (χ0n) is 20.8. The van der Waals surface area contributed by atoms with Crippen LogP contribution in [0.1, 0.15) is 26.2 Å². The number of carbonyl (C=O) groups is 1. The van der Waals surface area contributed by atoms with Gasteiger partial charge in [-0.15, -0.1) is 10.2 Å². The Bertz CT molecular complexity index is 1300. The predicted octanol–water partition coefficient (Wildman–Crippen LogP) is 1.86. The van der Waals surface area contributed by atoms with Crippen LogP contribution in [0.2, 0.25) is 0 Å². The zero-order valence-corrected chi connectivity index (χ0v) is 21.6. The molecule has 36 heavy (non-hydrogen) atoms. The number of benzene rings is 1. The Morgan fingerprint density at radius 2 is 2.08 bits per heavy atom. The van der Waals surface area contributed by atoms with Crippen LogP contribution in [-0.2, 0) is 28.0 Å². The first kappa shape index (κ1) is 25.8. The molecule has 0 saturated heterocycles. The molecule has 0 fully saturated rings. The average molecular weight is 517 g/mol. The van der Waals surface area contributed by atoms with Crippen molar-refractivity contribution in [2.75, 3.05) is 38.7 Å². The van der Waals surface area contributed by atoms with Gasteiger partial charge in [0.15, 0.2) is 11.6 Å². The van der Waals surface area contributed by atoms with Gasteiger partial charge in [0.1, 0.15) is 30.7 Å². The first-order chi connectivity index (χ1) is 17.4. The Labute approximate surface area is 210 Å². The number of aldehydes is 1. The number of hydrogen-bond acceptors (Lipinski definition) is 9. The summed E-state index contributed by atoms with van der Waals surface area (Å²) < 4.78 is 38.6. The number of imidazole rings is 1. The van der Waals surface area contributed by atoms with Gasteiger partial charge in [0.05, 0.1) is 23.5 Å². The van der Waals surface area contributed by atoms with E-state index in [1.807, 2.05) is 40.0 Å². The van der Waals surface area contributed by atoms with E-state index < -0.39 is 10.0 Å². The molecule has 0 radical (unpaired) electrons. The van der Waals surface area contributed by atoms with Crippen molar-refractivity contribution in [3.05, 3.63) is 30.9 Å². The summed E-state index contributed by atoms with van der Waals surface area (Å²) in [4.78, 5) is 19.6. The SMILES string of the molecule is CCCOc1ccc(S(=O)(=O)NCCCN(C)C)cc1N1Cn2cnnc2-c2c1ncn2CCC=O. The van der Waals surface area contributed by atoms with E-state index in [-0.39, 0.29) is 4.90 Å². The van der Waals surface area contributed by atoms with E-state index in [0.29, 0.717) is 68.0 Å². The molecular weight excluding hydrogens is 484 g/mol. The minimum absolute atomic E-state index is 0.141. The van der Waals surface area contributed by atoms with Crippen molar-refractivity contribution in [1.82, 2.24) is 33.9 Å². The van der Waals surface area contributed by atoms with Crippen LogP contribution in [0.25, 0.3) is 11.5 Å². The van der Waals surface area contributed by atoms with Crippen molar-refractivity contribution < 1.29 is 17.9 Å². The number of anilines is 2. The summed E-state index contributed by atoms with van der Waals surface area (Å²) >= 11 is 0. The number of ether oxygens (including phenoxy) is 1. The van der Waals surface area contributed by atoms with E-state index in [2.05, 4.69) is 19.9 Å². The van der Waals surface area contributed by atoms with Gasteiger partial charge in [-0.1, -0.05) is 6.92 Å². The van der Waals surface area contributed by atoms with Gasteiger partial charge in [-0.2, -0.15) is 0 Å². The molecule has 2 aromatic heterocycles. The molecule has 0 amide bonds. The third-order valence-corrected chi connectivity index (χ3v) is 7.21. The molecule has 3 heterocycles. The summed E-state index contributed by atoms with van der Waals surface area (Å²) in [6.45, 7) is 4.37. The molecule has 1 aliphatic rings. The fourth-order valence-corrected chi connectivity index (χ4v) is 5.10. The third-order valence-electron chi connectivity index (χ3n) is 5.75. The van der Waals surface area contributed by atoms with Crippen LogP contribution < -0.4 is 14.4 Å². The van der Waals surface area contributed by atoms with Gasteiger partial charge in [-0.25, -0.2) is 18.1 Å². The Kier molecular flexibility index (Phi) is 8.01. The number of fused-ring (bicyclic) bond motifs is 3. The standard InChI is InChI=1S/C23H32N8O4S/c1-4-13-35-20-8-7-18(36(33,34)26-9-5-10-28(2)3)14-19(20)31-17-30-16-25-27-23(30)21-22(31)24-15-29(21)11-6-12-32/h7-8,12,14-16,26H,4-6,9-11,13,17H2,1-3H3. The van der Waals surface area contributed by atoms with E-state index in [0.717, 1.165) is 19.3 Å². The van der Waals surface area contributed by atoms with Gasteiger partial charge >= 0.3 is 0 Å². The highest BCUT2D eigenvalue weighted by Gasteiger charge is 2.31. The maximum Gasteiger partial charge on any atom is 0.240 e. The maximum atomic E-state index is 13.1. The molecule has 194 valence electrons. The van der Waals surface area contributed by atoms with Gasteiger partial charge < -0.3 is 23.9 Å². The number of hydrogen-bond donors (Lipinski definition) is 1. The number of nitrogens with one attached hydrogen (secondary N) is 1. The highest BCUT2D eigenvalue weighted by Crippen LogP contribution is 2.42. The minimum Gasteiger partial charge on any atom is -0.491 e. The van der Waals surface area contributed by atoms with E-state index in [1.54, 1.807) is 30.9 Å². The molecule has 12 nitrogen and oxygen atoms in total. The molecule has 0 aliphatic carbocycles. The van der Waals surface area contributed by atoms with Crippen LogP contribution in [0.15, 0.2) is 35.7 Å². The lowest BCUT2D eigenvalue weighted by Gasteiger charge is -2.30. The highest BCUT2D eigenvalue weighted by atomic mass is 32.2. The smallest absolute Gasteiger partial charge is 0.240 e. The van der Waals surface area contributed by atoms with Crippen LogP contribution in [0.5, 0.6) is 5.75 Å². The highest BCUT2D eigenvalue weighted by molar-refractivity contribution is 7.89. The molecule has 0 spiro atoms. The van der Waals surface area contributed by atoms with Crippen LogP contribution in [-0.4, -0.2) is 77.7 Å². The Morgan fingerprint density at radius 1 is 1.25 bits per heavy atom. The van der Waals surface area contributed by atoms with Crippen LogP contribution >= 0.6 is 0 Å². The molecule has 0 unspecified atom stereocenters. The van der Waals surface area contributed by atoms with Crippen LogP contribution in [0.4, 0.5) is 11.5 Å². The topological polar surface area (TPSA) is 127 Å². The number of aryl methyl sites for hydroxylation is 1. The summed E-state index contributed by atoms with van der Waals surface area (Å²) in [6, 6.07) is 4.85. The van der Waals surface area contributed by atoms with E-state index in [9.17, 15) is 13.2 Å². The first-order valence-corrected chi connectivity index (χ1v) is 13.4. The number of sulfonamides is 1. The van der Waals surface area contributed by atoms with Crippen molar-refractivity contribution in [2.24, 2.45) is 0 Å². The lowest BCUT2D eigenvalue weighted by molar-refractivity contribution is -0.108. The number of aromatic nitrogens is 5. The zero-order chi connectivity index (χ0) is 25.7. The van der Waals surface area contributed by atoms with Crippen molar-refractivity contribution in [2.45, 2.75) is 44.3 Å². The summed E-state index contributed by atoms with van der Waals surface area (Å²) in [7, 11) is 0.160. The summed E-state index contributed by atoms with van der Waals surface area (Å²) in [5, 5.41) is 8.30. The molecule has 0 atom stereocenters. The molecule has 4 rings (SSSR count). The molecule has 1 aliphatic heterocycles. The fourth-order valence-electron chi connectivity index (χ4n) is 4.00. The number of carbonyl (C=O) groups excluding carboxylic acids is 1. The predicted molar refractivity (Wildman–Crippen MR) is 135 cm³/mol. The monoisotopic (exact) mass is 516 g/mol. The second kappa shape index (κ2) is 11.2. The summed E-state index contributed by atoms with van der Waals surface area (Å²) in [5.41, 5.74) is 1.28. The molecule has 1 aromatic carbocycles. The molecule has 3 aromatic rings. The van der Waals surface area contributed by atoms with E-state index in [4.69, 9.17) is 4.74 Å². The van der Waals surface area contributed by atoms with Gasteiger partial charge in [-0.3, -0.25) is 4.57 Å². The number of rotatable bonds is 13. The van der Waals surface area contributed by atoms with Gasteiger partial charge in [0.2, 0.25) is 10.0 Å². The van der Waals surface area contributed by atoms with E-state index >= 15 is 0 Å². The Balaban J connectivity index is 1.73. The first-order valence-electron chi connectivity index (χ1n) is 11.9. The van der Waals surface area contributed by atoms with Crippen LogP contribution in [0.3, 0.4) is 0 Å². The average Bonchev–Trinajstić information content (AvgIpc) is 3.50. The number of nitrogens with zero attached hydrogens (tertiary/aromatic N) is 7. The molecule has 0 bridgehead atoms. The van der Waals surface area contributed by atoms with Crippen LogP contribution in [0, 0.1) is 0 Å². The Morgan fingerprint density at radius 3 is 2.83 bits per heavy atom. The lowest BCUT2D eigenvalue weighted by atomic mass is 10.2. The molecular formula is C23H32N8O4S. The van der Waals surface area contributed by atoms with Gasteiger partial charge in [0, 0.05) is 19.5 Å². The summed E-state index contributed by atoms with van der Waals surface area (Å²) in [5.74, 6) is 1.77. The van der Waals surface area contributed by atoms with Gasteiger partial charge in [-0.05, 0) is 51.7 Å². The van der Waals surface area contributed by atoms with Crippen molar-refractivity contribution >= 4 is 27.8 Å². The largest absolute Gasteiger partial charge is 0.491 e. The Hall–Kier alpha value is -3.29. The van der Waals surface area contributed by atoms with E-state index in [1.165, 1.54) is 0 Å². The minimum atomic E-state index is -3.74. The quantitative estimate of drug-likeness (QED) is 0.267. The second-order valence-corrected chi connectivity index (χ2v) is 10.6. The lowest BCUT2D eigenvalue weighted by Crippen LogP contribution is -2.29. The molecule has 13 heteroatoms. The van der Waals surface area contributed by atoms with Crippen molar-refractivity contribution in [1.29, 1.82) is 0 Å². The van der Waals surface area contributed by atoms with Gasteiger partial charge in [0.25, 0.3) is 0 Å².